The summed E-state index contributed by atoms with van der Waals surface area (Å²) in [6, 6.07) is 5.42. The lowest BCUT2D eigenvalue weighted by atomic mass is 9.84. The highest BCUT2D eigenvalue weighted by atomic mass is 32.1. The van der Waals surface area contributed by atoms with Crippen LogP contribution in [0.1, 0.15) is 42.1 Å². The van der Waals surface area contributed by atoms with E-state index in [2.05, 4.69) is 4.90 Å². The molecular weight excluding hydrogens is 406 g/mol. The molecular formula is C22H27NO6S. The summed E-state index contributed by atoms with van der Waals surface area (Å²) in [5.74, 6) is 0.591. The largest absolute Gasteiger partial charge is 0.496 e. The number of hydrogen-bond acceptors (Lipinski definition) is 8. The Kier molecular flexibility index (Phi) is 6.99. The van der Waals surface area contributed by atoms with Gasteiger partial charge >= 0.3 is 5.97 Å². The fourth-order valence-corrected chi connectivity index (χ4v) is 4.48. The summed E-state index contributed by atoms with van der Waals surface area (Å²) in [6.45, 7) is 4.27. The number of thiophene rings is 1. The topological polar surface area (TPSA) is 74.3 Å². The number of likely N-dealkylation sites (tertiary alicyclic amines) is 1. The lowest BCUT2D eigenvalue weighted by molar-refractivity contribution is -0.149. The zero-order chi connectivity index (χ0) is 21.8. The number of hydrogen-bond donors (Lipinski definition) is 0. The summed E-state index contributed by atoms with van der Waals surface area (Å²) in [6.07, 6.45) is 0.323. The van der Waals surface area contributed by atoms with Gasteiger partial charge < -0.3 is 23.8 Å². The molecule has 30 heavy (non-hydrogen) atoms. The first-order valence-corrected chi connectivity index (χ1v) is 10.6. The van der Waals surface area contributed by atoms with E-state index < -0.39 is 6.10 Å². The summed E-state index contributed by atoms with van der Waals surface area (Å²) < 4.78 is 23.1. The zero-order valence-corrected chi connectivity index (χ0v) is 18.7. The maximum Gasteiger partial charge on any atom is 0.302 e. The quantitative estimate of drug-likeness (QED) is 0.480. The fourth-order valence-electron chi connectivity index (χ4n) is 3.90. The molecule has 0 spiro atoms. The molecule has 0 aliphatic carbocycles. The van der Waals surface area contributed by atoms with E-state index in [4.69, 9.17) is 18.9 Å². The Bertz CT molecular complexity index is 911. The summed E-state index contributed by atoms with van der Waals surface area (Å²) in [7, 11) is 5.06. The molecule has 1 aliphatic heterocycles. The van der Waals surface area contributed by atoms with Crippen LogP contribution in [0.3, 0.4) is 0 Å². The van der Waals surface area contributed by atoms with Crippen LogP contribution in [-0.2, 0) is 9.53 Å². The van der Waals surface area contributed by atoms with Gasteiger partial charge in [-0.3, -0.25) is 9.59 Å². The van der Waals surface area contributed by atoms with Crippen molar-refractivity contribution in [2.75, 3.05) is 34.4 Å². The lowest BCUT2D eigenvalue weighted by Gasteiger charge is -2.37. The number of piperidine rings is 1. The van der Waals surface area contributed by atoms with Crippen LogP contribution < -0.4 is 14.2 Å². The second-order valence-corrected chi connectivity index (χ2v) is 8.20. The molecule has 3 rings (SSSR count). The fraction of sp³-hybridized carbons (Fsp3) is 0.455. The first kappa shape index (κ1) is 22.1. The third kappa shape index (κ3) is 4.60. The van der Waals surface area contributed by atoms with Crippen molar-refractivity contribution >= 4 is 23.1 Å². The van der Waals surface area contributed by atoms with Crippen LogP contribution in [-0.4, -0.2) is 57.1 Å². The molecule has 162 valence electrons. The highest BCUT2D eigenvalue weighted by Crippen LogP contribution is 2.48. The van der Waals surface area contributed by atoms with Crippen LogP contribution in [0.15, 0.2) is 23.6 Å². The molecule has 1 saturated heterocycles. The molecule has 2 unspecified atom stereocenters. The molecule has 1 aromatic carbocycles. The van der Waals surface area contributed by atoms with Gasteiger partial charge in [0.05, 0.1) is 14.2 Å². The van der Waals surface area contributed by atoms with Crippen molar-refractivity contribution in [1.82, 2.24) is 4.90 Å². The van der Waals surface area contributed by atoms with E-state index in [1.165, 1.54) is 32.3 Å². The van der Waals surface area contributed by atoms with Crippen molar-refractivity contribution in [3.8, 4) is 22.3 Å². The van der Waals surface area contributed by atoms with E-state index >= 15 is 0 Å². The van der Waals surface area contributed by atoms with Crippen LogP contribution in [0, 0.1) is 0 Å². The van der Waals surface area contributed by atoms with Gasteiger partial charge in [-0.2, -0.15) is 0 Å². The van der Waals surface area contributed by atoms with Gasteiger partial charge in [0.25, 0.3) is 0 Å². The minimum absolute atomic E-state index is 0.181. The Balaban J connectivity index is 2.23. The molecule has 0 bridgehead atoms. The van der Waals surface area contributed by atoms with E-state index in [0.717, 1.165) is 18.5 Å². The van der Waals surface area contributed by atoms with E-state index in [1.807, 2.05) is 24.6 Å². The average molecular weight is 434 g/mol. The van der Waals surface area contributed by atoms with Crippen molar-refractivity contribution in [3.05, 3.63) is 34.7 Å². The van der Waals surface area contributed by atoms with Gasteiger partial charge in [0.1, 0.15) is 23.2 Å². The highest BCUT2D eigenvalue weighted by Gasteiger charge is 2.38. The van der Waals surface area contributed by atoms with Crippen LogP contribution in [0.5, 0.6) is 22.3 Å². The normalized spacial score (nSPS) is 19.2. The molecule has 1 aliphatic rings. The van der Waals surface area contributed by atoms with Crippen LogP contribution >= 0.6 is 11.3 Å². The Hall–Kier alpha value is -2.58. The van der Waals surface area contributed by atoms with Gasteiger partial charge in [-0.1, -0.05) is 0 Å². The Morgan fingerprint density at radius 3 is 2.47 bits per heavy atom. The molecule has 7 nitrogen and oxygen atoms in total. The number of Topliss-reactive ketones (excluding diaryl/α,β-unsaturated/α-hetero) is 1. The molecule has 0 saturated carbocycles. The Morgan fingerprint density at radius 2 is 1.90 bits per heavy atom. The summed E-state index contributed by atoms with van der Waals surface area (Å²) in [4.78, 5) is 26.5. The van der Waals surface area contributed by atoms with Crippen molar-refractivity contribution in [1.29, 1.82) is 0 Å². The predicted molar refractivity (Wildman–Crippen MR) is 114 cm³/mol. The maximum atomic E-state index is 12.6. The Labute approximate surface area is 180 Å². The molecule has 1 fully saturated rings. The third-order valence-electron chi connectivity index (χ3n) is 5.19. The Morgan fingerprint density at radius 1 is 1.17 bits per heavy atom. The third-order valence-corrected chi connectivity index (χ3v) is 5.93. The molecule has 2 atom stereocenters. The van der Waals surface area contributed by atoms with Gasteiger partial charge in [-0.25, -0.2) is 0 Å². The number of ether oxygens (including phenoxy) is 4. The number of benzene rings is 1. The van der Waals surface area contributed by atoms with E-state index in [1.54, 1.807) is 13.2 Å². The first-order chi connectivity index (χ1) is 14.3. The monoisotopic (exact) mass is 433 g/mol. The molecule has 0 amide bonds. The highest BCUT2D eigenvalue weighted by molar-refractivity contribution is 7.11. The van der Waals surface area contributed by atoms with Gasteiger partial charge in [-0.15, -0.1) is 11.3 Å². The number of carbonyl (C=O) groups excluding carboxylic acids is 2. The number of rotatable bonds is 7. The summed E-state index contributed by atoms with van der Waals surface area (Å²) >= 11 is 1.42. The number of esters is 1. The van der Waals surface area contributed by atoms with Crippen molar-refractivity contribution < 1.29 is 28.5 Å². The molecule has 1 aromatic heterocycles. The van der Waals surface area contributed by atoms with Gasteiger partial charge in [0.2, 0.25) is 0 Å². The minimum Gasteiger partial charge on any atom is -0.496 e. The van der Waals surface area contributed by atoms with E-state index in [9.17, 15) is 9.59 Å². The number of nitrogens with zero attached hydrogens (tertiary/aromatic N) is 1. The molecule has 8 heteroatoms. The number of likely N-dealkylation sites (N-methyl/N-ethyl adjacent to an activating group) is 1. The minimum atomic E-state index is -0.394. The number of ketones is 1. The average Bonchev–Trinajstić information content (AvgIpc) is 3.20. The molecule has 2 heterocycles. The first-order valence-electron chi connectivity index (χ1n) is 9.72. The molecule has 0 N–H and O–H groups in total. The van der Waals surface area contributed by atoms with Gasteiger partial charge in [0, 0.05) is 31.0 Å². The van der Waals surface area contributed by atoms with Crippen LogP contribution in [0.4, 0.5) is 0 Å². The lowest BCUT2D eigenvalue weighted by Crippen LogP contribution is -2.43. The molecule has 0 radical (unpaired) electrons. The van der Waals surface area contributed by atoms with Crippen molar-refractivity contribution in [3.63, 3.8) is 0 Å². The second-order valence-electron chi connectivity index (χ2n) is 7.29. The standard InChI is InChI=1S/C22H27NO6S/c1-13(24)20-16(26-4)11-17(27-5)21(22(20)29-19-7-6-10-30-19)15-8-9-23(3)12-18(15)28-14(2)25/h6-7,10-11,15,18H,8-9,12H2,1-5H3. The SMILES string of the molecule is COc1cc(OC)c(C2CCN(C)CC2OC(C)=O)c(Oc2cccs2)c1C(C)=O. The maximum absolute atomic E-state index is 12.6. The van der Waals surface area contributed by atoms with Crippen molar-refractivity contribution in [2.45, 2.75) is 32.3 Å². The summed E-state index contributed by atoms with van der Waals surface area (Å²) in [5.41, 5.74) is 1.07. The number of methoxy groups -OCH3 is 2. The number of carbonyl (C=O) groups is 2. The second kappa shape index (κ2) is 9.49. The van der Waals surface area contributed by atoms with E-state index in [0.29, 0.717) is 34.4 Å². The van der Waals surface area contributed by atoms with E-state index in [-0.39, 0.29) is 17.7 Å². The van der Waals surface area contributed by atoms with Gasteiger partial charge in [-0.05, 0) is 44.4 Å². The predicted octanol–water partition coefficient (Wildman–Crippen LogP) is 4.11. The summed E-state index contributed by atoms with van der Waals surface area (Å²) in [5, 5.41) is 2.54. The van der Waals surface area contributed by atoms with Crippen LogP contribution in [0.2, 0.25) is 0 Å². The molecule has 2 aromatic rings. The van der Waals surface area contributed by atoms with Gasteiger partial charge in [0.15, 0.2) is 16.6 Å². The van der Waals surface area contributed by atoms with Crippen molar-refractivity contribution in [2.24, 2.45) is 0 Å². The smallest absolute Gasteiger partial charge is 0.302 e. The zero-order valence-electron chi connectivity index (χ0n) is 17.9. The van der Waals surface area contributed by atoms with Crippen LogP contribution in [0.25, 0.3) is 0 Å².